The normalized spacial score (nSPS) is 43.2. The van der Waals surface area contributed by atoms with Crippen LogP contribution in [0.3, 0.4) is 0 Å². The molecule has 8 bridgehead atoms. The van der Waals surface area contributed by atoms with Crippen molar-refractivity contribution >= 4 is 23.9 Å². The third-order valence-corrected chi connectivity index (χ3v) is 15.7. The number of hydrogen-bond donors (Lipinski definition) is 0. The van der Waals surface area contributed by atoms with Crippen LogP contribution in [0.15, 0.2) is 24.8 Å². The highest BCUT2D eigenvalue weighted by atomic mass is 16.6. The fourth-order valence-electron chi connectivity index (χ4n) is 14.3. The van der Waals surface area contributed by atoms with E-state index in [9.17, 15) is 19.2 Å². The Bertz CT molecular complexity index is 1360. The predicted octanol–water partition coefficient (Wildman–Crippen LogP) is 8.95. The zero-order chi connectivity index (χ0) is 37.5. The van der Waals surface area contributed by atoms with Crippen LogP contribution in [0.1, 0.15) is 136 Å². The van der Waals surface area contributed by atoms with Gasteiger partial charge in [-0.1, -0.05) is 52.7 Å². The van der Waals surface area contributed by atoms with E-state index in [4.69, 9.17) is 18.9 Å². The van der Waals surface area contributed by atoms with Crippen molar-refractivity contribution in [2.45, 2.75) is 148 Å². The smallest absolute Gasteiger partial charge is 0.344 e. The highest BCUT2D eigenvalue weighted by Gasteiger charge is 2.64. The Hall–Kier alpha value is -2.64. The molecule has 0 saturated heterocycles. The van der Waals surface area contributed by atoms with Crippen LogP contribution in [-0.4, -0.2) is 48.3 Å². The van der Waals surface area contributed by atoms with Crippen LogP contribution in [0.2, 0.25) is 0 Å². The molecule has 10 aliphatic rings. The molecule has 53 heavy (non-hydrogen) atoms. The number of hydrogen-bond acceptors (Lipinski definition) is 8. The highest BCUT2D eigenvalue weighted by Crippen LogP contribution is 2.65. The fraction of sp³-hybridized carbons (Fsp3) is 0.822. The lowest BCUT2D eigenvalue weighted by atomic mass is 9.46. The van der Waals surface area contributed by atoms with Gasteiger partial charge in [0.2, 0.25) is 0 Å². The summed E-state index contributed by atoms with van der Waals surface area (Å²) in [6.45, 7) is 12.6. The summed E-state index contributed by atoms with van der Waals surface area (Å²) < 4.78 is 22.8. The molecule has 10 aliphatic carbocycles. The summed E-state index contributed by atoms with van der Waals surface area (Å²) in [5.41, 5.74) is -0.303. The number of rotatable bonds is 10. The zero-order valence-electron chi connectivity index (χ0n) is 32.8. The third-order valence-electron chi connectivity index (χ3n) is 15.7. The maximum absolute atomic E-state index is 12.8. The number of ether oxygens (including phenoxy) is 4. The van der Waals surface area contributed by atoms with E-state index in [1.165, 1.54) is 116 Å². The Labute approximate surface area is 317 Å². The third kappa shape index (κ3) is 7.77. The summed E-state index contributed by atoms with van der Waals surface area (Å²) in [5.74, 6) is 5.91. The van der Waals surface area contributed by atoms with E-state index >= 15 is 0 Å². The molecule has 0 spiro atoms. The van der Waals surface area contributed by atoms with Crippen molar-refractivity contribution in [2.24, 2.45) is 71.0 Å². The minimum atomic E-state index is -0.563. The lowest BCUT2D eigenvalue weighted by Gasteiger charge is -2.63. The molecule has 10 rings (SSSR count). The van der Waals surface area contributed by atoms with Crippen LogP contribution in [0.25, 0.3) is 0 Å². The molecule has 0 radical (unpaired) electrons. The van der Waals surface area contributed by atoms with Gasteiger partial charge in [0.25, 0.3) is 0 Å². The van der Waals surface area contributed by atoms with Crippen molar-refractivity contribution in [3.05, 3.63) is 24.8 Å². The van der Waals surface area contributed by atoms with E-state index in [1.807, 2.05) is 0 Å². The van der Waals surface area contributed by atoms with E-state index in [1.54, 1.807) is 6.92 Å². The van der Waals surface area contributed by atoms with Crippen molar-refractivity contribution in [3.63, 3.8) is 0 Å². The minimum absolute atomic E-state index is 0.290. The van der Waals surface area contributed by atoms with Crippen molar-refractivity contribution < 1.29 is 38.1 Å². The summed E-state index contributed by atoms with van der Waals surface area (Å²) in [5, 5.41) is 0. The van der Waals surface area contributed by atoms with Gasteiger partial charge in [-0.25, -0.2) is 19.2 Å². The SMILES string of the molecule is C=C(C)C(=O)OCC(=O)OC1(C2CCCC(C)C2)C2CC3CC(C2)CC1C3.C=CC(=O)OCC(=O)OC1(C2CCCC(C)C2)C2CC3CC(C2)CC1C3. The number of carbonyl (C=O) groups is 4. The van der Waals surface area contributed by atoms with E-state index in [-0.39, 0.29) is 36.4 Å². The van der Waals surface area contributed by atoms with Crippen molar-refractivity contribution in [1.82, 2.24) is 0 Å². The van der Waals surface area contributed by atoms with Crippen LogP contribution in [0.4, 0.5) is 0 Å². The Morgan fingerprint density at radius 2 is 0.943 bits per heavy atom. The maximum atomic E-state index is 12.8. The molecule has 0 amide bonds. The van der Waals surface area contributed by atoms with Gasteiger partial charge in [-0.2, -0.15) is 0 Å². The molecule has 10 fully saturated rings. The Balaban J connectivity index is 0.000000164. The second kappa shape index (κ2) is 15.8. The van der Waals surface area contributed by atoms with E-state index in [0.717, 1.165) is 29.7 Å². The monoisotopic (exact) mass is 734 g/mol. The van der Waals surface area contributed by atoms with Crippen LogP contribution < -0.4 is 0 Å². The molecular weight excluding hydrogens is 668 g/mol. The highest BCUT2D eigenvalue weighted by molar-refractivity contribution is 5.88. The first kappa shape index (κ1) is 38.6. The molecule has 0 aliphatic heterocycles. The van der Waals surface area contributed by atoms with Crippen LogP contribution in [-0.2, 0) is 38.1 Å². The molecule has 4 unspecified atom stereocenters. The molecule has 0 aromatic carbocycles. The molecular formula is C45H66O8. The second-order valence-electron chi connectivity index (χ2n) is 19.4. The molecule has 0 aromatic rings. The van der Waals surface area contributed by atoms with E-state index in [0.29, 0.717) is 52.9 Å². The van der Waals surface area contributed by atoms with Gasteiger partial charge < -0.3 is 18.9 Å². The van der Waals surface area contributed by atoms with Gasteiger partial charge in [0.1, 0.15) is 11.2 Å². The fourth-order valence-corrected chi connectivity index (χ4v) is 14.3. The first-order valence-electron chi connectivity index (χ1n) is 21.4. The summed E-state index contributed by atoms with van der Waals surface area (Å²) in [6, 6.07) is 0. The summed E-state index contributed by atoms with van der Waals surface area (Å²) in [4.78, 5) is 48.4. The largest absolute Gasteiger partial charge is 0.456 e. The van der Waals surface area contributed by atoms with Gasteiger partial charge in [-0.15, -0.1) is 0 Å². The lowest BCUT2D eigenvalue weighted by Crippen LogP contribution is -2.64. The number of carbonyl (C=O) groups excluding carboxylic acids is 4. The standard InChI is InChI=1S/C23H34O4.C22H32O4/c1-14(2)22(25)26-13-21(24)27-23(18-6-4-5-15(3)7-18)19-9-16-8-17(11-19)12-20(23)10-16;1-3-20(23)25-13-21(24)26-22(17-6-4-5-14(2)7-17)18-9-15-8-16(11-18)12-19(22)10-15/h15-20H,1,4-13H2,2-3H3;3,14-19H,1,4-13H2,2H3. The maximum Gasteiger partial charge on any atom is 0.344 e. The summed E-state index contributed by atoms with van der Waals surface area (Å²) >= 11 is 0. The van der Waals surface area contributed by atoms with Crippen LogP contribution in [0, 0.1) is 71.0 Å². The predicted molar refractivity (Wildman–Crippen MR) is 201 cm³/mol. The summed E-state index contributed by atoms with van der Waals surface area (Å²) in [6.07, 6.45) is 23.4. The molecule has 0 aromatic heterocycles. The first-order valence-corrected chi connectivity index (χ1v) is 21.4. The van der Waals surface area contributed by atoms with Gasteiger partial charge >= 0.3 is 23.9 Å². The molecule has 0 heterocycles. The lowest BCUT2D eigenvalue weighted by molar-refractivity contribution is -0.236. The van der Waals surface area contributed by atoms with E-state index < -0.39 is 11.9 Å². The van der Waals surface area contributed by atoms with Gasteiger partial charge in [-0.3, -0.25) is 0 Å². The van der Waals surface area contributed by atoms with Crippen LogP contribution in [0.5, 0.6) is 0 Å². The summed E-state index contributed by atoms with van der Waals surface area (Å²) in [7, 11) is 0. The van der Waals surface area contributed by atoms with Crippen LogP contribution >= 0.6 is 0 Å². The Morgan fingerprint density at radius 1 is 0.566 bits per heavy atom. The van der Waals surface area contributed by atoms with Crippen molar-refractivity contribution in [2.75, 3.05) is 13.2 Å². The van der Waals surface area contributed by atoms with Crippen molar-refractivity contribution in [1.29, 1.82) is 0 Å². The van der Waals surface area contributed by atoms with E-state index in [2.05, 4.69) is 27.0 Å². The van der Waals surface area contributed by atoms with Gasteiger partial charge in [0, 0.05) is 11.6 Å². The second-order valence-corrected chi connectivity index (χ2v) is 19.4. The average molecular weight is 735 g/mol. The Morgan fingerprint density at radius 3 is 1.28 bits per heavy atom. The van der Waals surface area contributed by atoms with Crippen molar-refractivity contribution in [3.8, 4) is 0 Å². The topological polar surface area (TPSA) is 105 Å². The molecule has 0 N–H and O–H groups in total. The number of esters is 4. The molecule has 8 heteroatoms. The molecule has 4 atom stereocenters. The minimum Gasteiger partial charge on any atom is -0.456 e. The average Bonchev–Trinajstić information content (AvgIpc) is 3.12. The van der Waals surface area contributed by atoms with Gasteiger partial charge in [0.05, 0.1) is 0 Å². The Kier molecular flexibility index (Phi) is 11.5. The molecule has 8 nitrogen and oxygen atoms in total. The molecule has 10 saturated carbocycles. The first-order chi connectivity index (χ1) is 25.4. The quantitative estimate of drug-likeness (QED) is 0.125. The zero-order valence-corrected chi connectivity index (χ0v) is 32.8. The van der Waals surface area contributed by atoms with Gasteiger partial charge in [-0.05, 0) is 168 Å². The molecule has 294 valence electrons. The van der Waals surface area contributed by atoms with Gasteiger partial charge in [0.15, 0.2) is 13.2 Å².